The summed E-state index contributed by atoms with van der Waals surface area (Å²) in [4.78, 5) is 3.83. The number of pyridine rings is 1. The van der Waals surface area contributed by atoms with Gasteiger partial charge in [0.2, 0.25) is 0 Å². The second kappa shape index (κ2) is 7.23. The van der Waals surface area contributed by atoms with Crippen LogP contribution < -0.4 is 10.6 Å². The molecule has 0 fully saturated rings. The minimum absolute atomic E-state index is 0.00440. The zero-order valence-corrected chi connectivity index (χ0v) is 11.5. The van der Waals surface area contributed by atoms with Gasteiger partial charge < -0.3 is 15.7 Å². The number of rotatable bonds is 7. The first-order chi connectivity index (χ1) is 8.93. The average molecular weight is 273 g/mol. The molecule has 108 valence electrons. The third-order valence-corrected chi connectivity index (χ3v) is 2.52. The van der Waals surface area contributed by atoms with E-state index in [1.54, 1.807) is 6.92 Å². The SMILES string of the molecule is CCNc1nc(NCC(O)CC(C)C)c(F)cc1F. The molecule has 0 aromatic carbocycles. The maximum absolute atomic E-state index is 13.5. The van der Waals surface area contributed by atoms with Gasteiger partial charge in [-0.1, -0.05) is 13.8 Å². The quantitative estimate of drug-likeness (QED) is 0.715. The average Bonchev–Trinajstić information content (AvgIpc) is 2.30. The smallest absolute Gasteiger partial charge is 0.168 e. The molecular weight excluding hydrogens is 252 g/mol. The lowest BCUT2D eigenvalue weighted by molar-refractivity contribution is 0.161. The number of halogens is 2. The monoisotopic (exact) mass is 273 g/mol. The van der Waals surface area contributed by atoms with Crippen molar-refractivity contribution in [2.24, 2.45) is 5.92 Å². The second-order valence-corrected chi connectivity index (χ2v) is 4.84. The van der Waals surface area contributed by atoms with Gasteiger partial charge in [0, 0.05) is 19.2 Å². The standard InChI is InChI=1S/C13H21F2N3O/c1-4-16-12-10(14)6-11(15)13(18-12)17-7-9(19)5-8(2)3/h6,8-9,19H,4-5,7H2,1-3H3,(H2,16,17,18). The first-order valence-electron chi connectivity index (χ1n) is 6.45. The molecule has 19 heavy (non-hydrogen) atoms. The fourth-order valence-electron chi connectivity index (χ4n) is 1.72. The lowest BCUT2D eigenvalue weighted by atomic mass is 10.1. The van der Waals surface area contributed by atoms with Crippen molar-refractivity contribution in [2.45, 2.75) is 33.3 Å². The van der Waals surface area contributed by atoms with E-state index in [1.807, 2.05) is 13.8 Å². The molecule has 1 heterocycles. The van der Waals surface area contributed by atoms with Gasteiger partial charge >= 0.3 is 0 Å². The van der Waals surface area contributed by atoms with Crippen molar-refractivity contribution in [1.82, 2.24) is 4.98 Å². The van der Waals surface area contributed by atoms with Crippen LogP contribution in [0.5, 0.6) is 0 Å². The van der Waals surface area contributed by atoms with Crippen LogP contribution in [0.4, 0.5) is 20.4 Å². The Morgan fingerprint density at radius 2 is 1.79 bits per heavy atom. The molecule has 0 bridgehead atoms. The van der Waals surface area contributed by atoms with E-state index in [4.69, 9.17) is 0 Å². The number of aromatic nitrogens is 1. The highest BCUT2D eigenvalue weighted by atomic mass is 19.1. The molecule has 0 aliphatic heterocycles. The van der Waals surface area contributed by atoms with E-state index < -0.39 is 17.7 Å². The third-order valence-electron chi connectivity index (χ3n) is 2.52. The highest BCUT2D eigenvalue weighted by molar-refractivity contribution is 5.47. The molecule has 3 N–H and O–H groups in total. The van der Waals surface area contributed by atoms with Crippen LogP contribution in [0.15, 0.2) is 6.07 Å². The predicted molar refractivity (Wildman–Crippen MR) is 72.3 cm³/mol. The van der Waals surface area contributed by atoms with Crippen molar-refractivity contribution < 1.29 is 13.9 Å². The molecular formula is C13H21F2N3O. The first kappa shape index (κ1) is 15.6. The topological polar surface area (TPSA) is 57.2 Å². The lowest BCUT2D eigenvalue weighted by Gasteiger charge is -2.15. The van der Waals surface area contributed by atoms with Gasteiger partial charge in [0.25, 0.3) is 0 Å². The van der Waals surface area contributed by atoms with E-state index >= 15 is 0 Å². The summed E-state index contributed by atoms with van der Waals surface area (Å²) in [6, 6.07) is 0.780. The summed E-state index contributed by atoms with van der Waals surface area (Å²) in [5.41, 5.74) is 0. The fourth-order valence-corrected chi connectivity index (χ4v) is 1.72. The summed E-state index contributed by atoms with van der Waals surface area (Å²) in [7, 11) is 0. The molecule has 1 atom stereocenters. The van der Waals surface area contributed by atoms with Crippen LogP contribution in [0.25, 0.3) is 0 Å². The molecule has 0 spiro atoms. The summed E-state index contributed by atoms with van der Waals surface area (Å²) in [5, 5.41) is 15.1. The number of nitrogens with zero attached hydrogens (tertiary/aromatic N) is 1. The van der Waals surface area contributed by atoms with Gasteiger partial charge in [-0.25, -0.2) is 13.8 Å². The molecule has 0 aliphatic rings. The summed E-state index contributed by atoms with van der Waals surface area (Å²) in [5.74, 6) is -1.20. The summed E-state index contributed by atoms with van der Waals surface area (Å²) in [6.07, 6.45) is 0.0180. The number of aliphatic hydroxyl groups is 1. The van der Waals surface area contributed by atoms with Crippen molar-refractivity contribution in [3.63, 3.8) is 0 Å². The van der Waals surface area contributed by atoms with Crippen LogP contribution in [0.1, 0.15) is 27.2 Å². The van der Waals surface area contributed by atoms with E-state index in [1.165, 1.54) is 0 Å². The molecule has 1 rings (SSSR count). The maximum atomic E-state index is 13.5. The van der Waals surface area contributed by atoms with Gasteiger partial charge in [0.15, 0.2) is 23.3 Å². The molecule has 0 radical (unpaired) electrons. The van der Waals surface area contributed by atoms with E-state index in [0.29, 0.717) is 18.9 Å². The second-order valence-electron chi connectivity index (χ2n) is 4.84. The minimum Gasteiger partial charge on any atom is -0.391 e. The Labute approximate surface area is 112 Å². The predicted octanol–water partition coefficient (Wildman–Crippen LogP) is 2.61. The Morgan fingerprint density at radius 3 is 2.32 bits per heavy atom. The Morgan fingerprint density at radius 1 is 1.21 bits per heavy atom. The lowest BCUT2D eigenvalue weighted by Crippen LogP contribution is -2.22. The Hall–Kier alpha value is -1.43. The van der Waals surface area contributed by atoms with Crippen LogP contribution in [-0.4, -0.2) is 29.3 Å². The molecule has 0 saturated heterocycles. The van der Waals surface area contributed by atoms with Gasteiger partial charge in [-0.15, -0.1) is 0 Å². The van der Waals surface area contributed by atoms with E-state index in [-0.39, 0.29) is 18.2 Å². The van der Waals surface area contributed by atoms with Crippen LogP contribution in [0.2, 0.25) is 0 Å². The van der Waals surface area contributed by atoms with Crippen molar-refractivity contribution in [1.29, 1.82) is 0 Å². The van der Waals surface area contributed by atoms with Gasteiger partial charge in [0.1, 0.15) is 0 Å². The van der Waals surface area contributed by atoms with Crippen molar-refractivity contribution in [2.75, 3.05) is 23.7 Å². The molecule has 6 heteroatoms. The zero-order valence-electron chi connectivity index (χ0n) is 11.5. The summed E-state index contributed by atoms with van der Waals surface area (Å²) in [6.45, 7) is 6.45. The van der Waals surface area contributed by atoms with E-state index in [0.717, 1.165) is 6.07 Å². The largest absolute Gasteiger partial charge is 0.391 e. The third kappa shape index (κ3) is 4.98. The molecule has 1 aromatic rings. The van der Waals surface area contributed by atoms with E-state index in [9.17, 15) is 13.9 Å². The Bertz CT molecular complexity index is 413. The van der Waals surface area contributed by atoms with Crippen LogP contribution in [-0.2, 0) is 0 Å². The maximum Gasteiger partial charge on any atom is 0.168 e. The van der Waals surface area contributed by atoms with Crippen LogP contribution in [0, 0.1) is 17.6 Å². The highest BCUT2D eigenvalue weighted by Crippen LogP contribution is 2.19. The number of aliphatic hydroxyl groups excluding tert-OH is 1. The van der Waals surface area contributed by atoms with Crippen molar-refractivity contribution >= 4 is 11.6 Å². The Balaban J connectivity index is 2.69. The molecule has 0 saturated carbocycles. The van der Waals surface area contributed by atoms with Crippen LogP contribution in [0.3, 0.4) is 0 Å². The van der Waals surface area contributed by atoms with E-state index in [2.05, 4.69) is 15.6 Å². The molecule has 0 amide bonds. The normalized spacial score (nSPS) is 12.6. The molecule has 4 nitrogen and oxygen atoms in total. The molecule has 1 aromatic heterocycles. The molecule has 0 aliphatic carbocycles. The Kier molecular flexibility index (Phi) is 5.95. The van der Waals surface area contributed by atoms with Crippen molar-refractivity contribution in [3.8, 4) is 0 Å². The zero-order chi connectivity index (χ0) is 14.4. The number of hydrogen-bond acceptors (Lipinski definition) is 4. The fraction of sp³-hybridized carbons (Fsp3) is 0.615. The molecule has 1 unspecified atom stereocenters. The first-order valence-corrected chi connectivity index (χ1v) is 6.45. The number of hydrogen-bond donors (Lipinski definition) is 3. The van der Waals surface area contributed by atoms with Gasteiger partial charge in [-0.2, -0.15) is 0 Å². The van der Waals surface area contributed by atoms with Gasteiger partial charge in [0.05, 0.1) is 6.10 Å². The number of anilines is 2. The van der Waals surface area contributed by atoms with Crippen LogP contribution >= 0.6 is 0 Å². The summed E-state index contributed by atoms with van der Waals surface area (Å²) >= 11 is 0. The minimum atomic E-state index is -0.768. The van der Waals surface area contributed by atoms with Crippen molar-refractivity contribution in [3.05, 3.63) is 17.7 Å². The number of nitrogens with one attached hydrogen (secondary N) is 2. The highest BCUT2D eigenvalue weighted by Gasteiger charge is 2.13. The summed E-state index contributed by atoms with van der Waals surface area (Å²) < 4.78 is 26.9. The van der Waals surface area contributed by atoms with Gasteiger partial charge in [-0.3, -0.25) is 0 Å². The van der Waals surface area contributed by atoms with Gasteiger partial charge in [-0.05, 0) is 19.3 Å².